The molecular weight excluding hydrogens is 353 g/mol. The van der Waals surface area contributed by atoms with Gasteiger partial charge in [0.25, 0.3) is 0 Å². The van der Waals surface area contributed by atoms with Gasteiger partial charge >= 0.3 is 35.0 Å². The first-order chi connectivity index (χ1) is 12.6. The van der Waals surface area contributed by atoms with Gasteiger partial charge in [0.1, 0.15) is 6.26 Å². The van der Waals surface area contributed by atoms with E-state index in [1.54, 1.807) is 0 Å². The predicted molar refractivity (Wildman–Crippen MR) is 115 cm³/mol. The zero-order chi connectivity index (χ0) is 19.5. The van der Waals surface area contributed by atoms with Gasteiger partial charge in [-0.25, -0.2) is 4.79 Å². The molecule has 27 heavy (non-hydrogen) atoms. The van der Waals surface area contributed by atoms with Crippen LogP contribution in [0, 0.1) is 0 Å². The third-order valence-electron chi connectivity index (χ3n) is 4.04. The molecule has 0 saturated carbocycles. The van der Waals surface area contributed by atoms with Gasteiger partial charge in [0.05, 0.1) is 5.57 Å². The average molecular weight is 391 g/mol. The van der Waals surface area contributed by atoms with Crippen molar-refractivity contribution in [2.45, 2.75) is 90.9 Å². The Kier molecular flexibility index (Phi) is 22.1. The van der Waals surface area contributed by atoms with Crippen LogP contribution in [0.1, 0.15) is 93.8 Å². The van der Waals surface area contributed by atoms with E-state index in [2.05, 4.69) is 31.2 Å². The monoisotopic (exact) mass is 390 g/mol. The molecule has 0 aliphatic heterocycles. The molecule has 1 N–H and O–H groups in total. The number of hydrogen-bond acceptors (Lipinski definition) is 3. The van der Waals surface area contributed by atoms with Gasteiger partial charge in [-0.3, -0.25) is 4.79 Å². The molecule has 0 aromatic carbocycles. The molecule has 4 nitrogen and oxygen atoms in total. The van der Waals surface area contributed by atoms with Gasteiger partial charge in [-0.15, -0.1) is 0 Å². The number of ether oxygens (including phenoxy) is 1. The molecule has 0 amide bonds. The van der Waals surface area contributed by atoms with Crippen LogP contribution in [-0.2, 0) is 14.3 Å². The number of carboxylic acid groups (broad SMARTS) is 1. The Labute approximate surface area is 184 Å². The van der Waals surface area contributed by atoms with Gasteiger partial charge in [-0.2, -0.15) is 0 Å². The van der Waals surface area contributed by atoms with Gasteiger partial charge in [0.15, 0.2) is 0 Å². The van der Waals surface area contributed by atoms with Crippen LogP contribution < -0.4 is 0 Å². The predicted octanol–water partition coefficient (Wildman–Crippen LogP) is 6.18. The molecule has 0 aromatic rings. The maximum atomic E-state index is 11.4. The third kappa shape index (κ3) is 21.1. The van der Waals surface area contributed by atoms with E-state index in [4.69, 9.17) is 9.84 Å². The van der Waals surface area contributed by atoms with Gasteiger partial charge < -0.3 is 12.7 Å². The number of carboxylic acids is 1. The molecule has 0 rings (SSSR count). The van der Waals surface area contributed by atoms with Crippen molar-refractivity contribution >= 4 is 35.0 Å². The fourth-order valence-corrected chi connectivity index (χ4v) is 2.34. The molecule has 0 saturated heterocycles. The fourth-order valence-electron chi connectivity index (χ4n) is 2.34. The van der Waals surface area contributed by atoms with Gasteiger partial charge in [0, 0.05) is 6.42 Å². The molecule has 0 unspecified atom stereocenters. The summed E-state index contributed by atoms with van der Waals surface area (Å²) in [5.74, 6) is -1.44. The molecule has 0 spiro atoms. The van der Waals surface area contributed by atoms with E-state index >= 15 is 0 Å². The van der Waals surface area contributed by atoms with E-state index < -0.39 is 5.97 Å². The number of rotatable bonds is 16. The van der Waals surface area contributed by atoms with E-state index in [0.717, 1.165) is 38.4 Å². The first-order valence-corrected chi connectivity index (χ1v) is 9.97. The summed E-state index contributed by atoms with van der Waals surface area (Å²) in [7, 11) is 0. The molecule has 0 heterocycles. The topological polar surface area (TPSA) is 63.6 Å². The molecule has 0 bridgehead atoms. The zero-order valence-electron chi connectivity index (χ0n) is 19.3. The minimum absolute atomic E-state index is 0. The number of carbonyl (C=O) groups excluding carboxylic acids is 1. The van der Waals surface area contributed by atoms with Crippen LogP contribution in [0.2, 0.25) is 0 Å². The normalized spacial score (nSPS) is 11.7. The van der Waals surface area contributed by atoms with Crippen molar-refractivity contribution in [3.05, 3.63) is 36.1 Å². The molecule has 5 heteroatoms. The third-order valence-corrected chi connectivity index (χ3v) is 4.04. The average Bonchev–Trinajstić information content (AvgIpc) is 2.62. The largest absolute Gasteiger partial charge is 2.00 e. The second kappa shape index (κ2) is 21.2. The summed E-state index contributed by atoms with van der Waals surface area (Å²) >= 11 is 0. The van der Waals surface area contributed by atoms with Crippen molar-refractivity contribution in [2.24, 2.45) is 0 Å². The molecule has 0 fully saturated rings. The van der Waals surface area contributed by atoms with Crippen molar-refractivity contribution in [3.63, 3.8) is 0 Å². The van der Waals surface area contributed by atoms with Crippen molar-refractivity contribution in [1.82, 2.24) is 0 Å². The number of carbonyl (C=O) groups is 2. The van der Waals surface area contributed by atoms with Crippen molar-refractivity contribution in [3.8, 4) is 0 Å². The summed E-state index contributed by atoms with van der Waals surface area (Å²) in [4.78, 5) is 22.0. The standard InChI is InChI=1S/C22H36O4.Mg.2H/c1-3-4-5-6-7-8-9-10-11-12-13-14-15-16-17-18-21(23)26-19-20(2)22(24)25;;;/h7-8,10-11,19H,3-6,9,12-18H2,1-2H3,(H,24,25);;;/q;+2;2*-1/b8-7+,11-10+,20-19?;;;. The zero-order valence-corrected chi connectivity index (χ0v) is 18.7. The summed E-state index contributed by atoms with van der Waals surface area (Å²) in [6, 6.07) is 0. The van der Waals surface area contributed by atoms with E-state index in [0.29, 0.717) is 6.42 Å². The summed E-state index contributed by atoms with van der Waals surface area (Å²) in [5, 5.41) is 8.64. The van der Waals surface area contributed by atoms with Crippen LogP contribution in [0.5, 0.6) is 0 Å². The van der Waals surface area contributed by atoms with Crippen molar-refractivity contribution < 1.29 is 22.3 Å². The Morgan fingerprint density at radius 2 is 1.44 bits per heavy atom. The van der Waals surface area contributed by atoms with E-state index in [1.807, 2.05) is 0 Å². The van der Waals surface area contributed by atoms with Crippen LogP contribution >= 0.6 is 0 Å². The van der Waals surface area contributed by atoms with Crippen LogP contribution in [0.4, 0.5) is 0 Å². The number of unbranched alkanes of at least 4 members (excludes halogenated alkanes) is 8. The second-order valence-corrected chi connectivity index (χ2v) is 6.58. The molecule has 0 aromatic heterocycles. The van der Waals surface area contributed by atoms with Crippen molar-refractivity contribution in [2.75, 3.05) is 0 Å². The van der Waals surface area contributed by atoms with Crippen LogP contribution in [0.15, 0.2) is 36.1 Å². The van der Waals surface area contributed by atoms with E-state index in [9.17, 15) is 9.59 Å². The Morgan fingerprint density at radius 3 is 2.04 bits per heavy atom. The van der Waals surface area contributed by atoms with Crippen molar-refractivity contribution in [1.29, 1.82) is 0 Å². The molecule has 0 radical (unpaired) electrons. The number of esters is 1. The Hall–Kier alpha value is -1.07. The van der Waals surface area contributed by atoms with Gasteiger partial charge in [-0.1, -0.05) is 63.3 Å². The minimum Gasteiger partial charge on any atom is -1.00 e. The summed E-state index contributed by atoms with van der Waals surface area (Å²) < 4.78 is 4.79. The molecule has 0 atom stereocenters. The first-order valence-electron chi connectivity index (χ1n) is 9.97. The number of hydrogen-bond donors (Lipinski definition) is 1. The SMILES string of the molecule is CCCCC/C=C/C/C=C/CCCCCCCC(=O)OC=C(C)C(=O)O.[H-].[H-].[Mg+2]. The fraction of sp³-hybridized carbons (Fsp3) is 0.636. The second-order valence-electron chi connectivity index (χ2n) is 6.58. The minimum atomic E-state index is -1.07. The number of aliphatic carboxylic acids is 1. The maximum Gasteiger partial charge on any atom is 2.00 e. The maximum absolute atomic E-state index is 11.4. The molecule has 152 valence electrons. The van der Waals surface area contributed by atoms with Gasteiger partial charge in [-0.05, 0) is 45.4 Å². The van der Waals surface area contributed by atoms with Gasteiger partial charge in [0.2, 0.25) is 0 Å². The smallest absolute Gasteiger partial charge is 1.00 e. The van der Waals surface area contributed by atoms with E-state index in [1.165, 1.54) is 45.4 Å². The Bertz CT molecular complexity index is 477. The quantitative estimate of drug-likeness (QED) is 0.0853. The molecule has 0 aliphatic carbocycles. The summed E-state index contributed by atoms with van der Waals surface area (Å²) in [5.41, 5.74) is 0.0263. The molecule has 0 aliphatic rings. The summed E-state index contributed by atoms with van der Waals surface area (Å²) in [6.07, 6.45) is 22.9. The summed E-state index contributed by atoms with van der Waals surface area (Å²) in [6.45, 7) is 3.62. The van der Waals surface area contributed by atoms with Crippen LogP contribution in [0.3, 0.4) is 0 Å². The first kappa shape index (κ1) is 28.1. The van der Waals surface area contributed by atoms with Crippen LogP contribution in [-0.4, -0.2) is 40.1 Å². The number of allylic oxidation sites excluding steroid dienone is 4. The van der Waals surface area contributed by atoms with E-state index in [-0.39, 0.29) is 37.4 Å². The van der Waals surface area contributed by atoms with Crippen LogP contribution in [0.25, 0.3) is 0 Å². The molecular formula is C22H38MgO4. The Morgan fingerprint density at radius 1 is 0.889 bits per heavy atom. The Balaban J connectivity index is -0.00000104.